The van der Waals surface area contributed by atoms with Gasteiger partial charge in [0.15, 0.2) is 0 Å². The van der Waals surface area contributed by atoms with E-state index in [0.29, 0.717) is 0 Å². The van der Waals surface area contributed by atoms with Gasteiger partial charge in [0.1, 0.15) is 0 Å². The number of piperidine rings is 1. The lowest BCUT2D eigenvalue weighted by molar-refractivity contribution is 0.295. The third-order valence-corrected chi connectivity index (χ3v) is 4.63. The first-order valence-corrected chi connectivity index (χ1v) is 6.83. The van der Waals surface area contributed by atoms with E-state index >= 15 is 0 Å². The molecule has 0 bridgehead atoms. The molecule has 0 spiro atoms. The molecule has 17 heavy (non-hydrogen) atoms. The standard InChI is InChI=1S/C15H22N2/c1-17(14-5-3-2-4-6-14)15-9-12-7-8-16-11-13(12)10-15/h2-6,12-13,15-16H,7-11H2,1H3/t12-,13+,15?/m0/s1. The van der Waals surface area contributed by atoms with Crippen LogP contribution in [-0.2, 0) is 0 Å². The van der Waals surface area contributed by atoms with Gasteiger partial charge in [-0.25, -0.2) is 0 Å². The molecule has 3 atom stereocenters. The SMILES string of the molecule is CN(c1ccccc1)C1C[C@@H]2CCNC[C@H]2C1. The molecule has 0 amide bonds. The van der Waals surface area contributed by atoms with E-state index in [1.54, 1.807) is 0 Å². The molecule has 0 aromatic heterocycles. The van der Waals surface area contributed by atoms with Crippen molar-refractivity contribution in [3.63, 3.8) is 0 Å². The molecule has 1 heterocycles. The number of hydrogen-bond donors (Lipinski definition) is 1. The zero-order chi connectivity index (χ0) is 11.7. The summed E-state index contributed by atoms with van der Waals surface area (Å²) in [5.41, 5.74) is 1.36. The van der Waals surface area contributed by atoms with Gasteiger partial charge in [0.25, 0.3) is 0 Å². The topological polar surface area (TPSA) is 15.3 Å². The lowest BCUT2D eigenvalue weighted by Crippen LogP contribution is -2.33. The molecular weight excluding hydrogens is 208 g/mol. The van der Waals surface area contributed by atoms with E-state index in [4.69, 9.17) is 0 Å². The van der Waals surface area contributed by atoms with Crippen LogP contribution in [0, 0.1) is 11.8 Å². The zero-order valence-electron chi connectivity index (χ0n) is 10.6. The van der Waals surface area contributed by atoms with Crippen LogP contribution >= 0.6 is 0 Å². The summed E-state index contributed by atoms with van der Waals surface area (Å²) in [6, 6.07) is 11.5. The van der Waals surface area contributed by atoms with Gasteiger partial charge in [-0.1, -0.05) is 18.2 Å². The number of nitrogens with one attached hydrogen (secondary N) is 1. The van der Waals surface area contributed by atoms with Gasteiger partial charge in [-0.15, -0.1) is 0 Å². The van der Waals surface area contributed by atoms with E-state index in [1.165, 1.54) is 38.0 Å². The number of nitrogens with zero attached hydrogens (tertiary/aromatic N) is 1. The normalized spacial score (nSPS) is 32.2. The van der Waals surface area contributed by atoms with Crippen LogP contribution < -0.4 is 10.2 Å². The summed E-state index contributed by atoms with van der Waals surface area (Å²) < 4.78 is 0. The number of anilines is 1. The molecule has 1 saturated heterocycles. The molecule has 1 aromatic rings. The van der Waals surface area contributed by atoms with Crippen molar-refractivity contribution in [2.75, 3.05) is 25.0 Å². The minimum Gasteiger partial charge on any atom is -0.372 e. The van der Waals surface area contributed by atoms with Crippen LogP contribution in [0.25, 0.3) is 0 Å². The molecule has 92 valence electrons. The van der Waals surface area contributed by atoms with Crippen molar-refractivity contribution in [1.29, 1.82) is 0 Å². The third kappa shape index (κ3) is 2.19. The lowest BCUT2D eigenvalue weighted by Gasteiger charge is -2.26. The van der Waals surface area contributed by atoms with Crippen LogP contribution in [0.4, 0.5) is 5.69 Å². The summed E-state index contributed by atoms with van der Waals surface area (Å²) in [5.74, 6) is 1.88. The molecule has 2 aliphatic rings. The summed E-state index contributed by atoms with van der Waals surface area (Å²) in [7, 11) is 2.25. The molecule has 1 N–H and O–H groups in total. The summed E-state index contributed by atoms with van der Waals surface area (Å²) in [6.07, 6.45) is 4.13. The molecule has 2 heteroatoms. The van der Waals surface area contributed by atoms with Crippen molar-refractivity contribution in [3.8, 4) is 0 Å². The molecule has 1 unspecified atom stereocenters. The Kier molecular flexibility index (Phi) is 3.06. The largest absolute Gasteiger partial charge is 0.372 e. The second kappa shape index (κ2) is 4.69. The van der Waals surface area contributed by atoms with Gasteiger partial charge in [-0.05, 0) is 56.3 Å². The Morgan fingerprint density at radius 3 is 2.65 bits per heavy atom. The number of benzene rings is 1. The Hall–Kier alpha value is -1.02. The second-order valence-electron chi connectivity index (χ2n) is 5.58. The highest BCUT2D eigenvalue weighted by atomic mass is 15.1. The molecule has 2 nitrogen and oxygen atoms in total. The predicted molar refractivity (Wildman–Crippen MR) is 72.3 cm³/mol. The first kappa shape index (κ1) is 11.1. The molecule has 1 aliphatic heterocycles. The van der Waals surface area contributed by atoms with E-state index in [0.717, 1.165) is 17.9 Å². The predicted octanol–water partition coefficient (Wildman–Crippen LogP) is 2.51. The van der Waals surface area contributed by atoms with Crippen molar-refractivity contribution >= 4 is 5.69 Å². The number of fused-ring (bicyclic) bond motifs is 1. The molecule has 3 rings (SSSR count). The Balaban J connectivity index is 1.70. The maximum Gasteiger partial charge on any atom is 0.0366 e. The highest BCUT2D eigenvalue weighted by molar-refractivity contribution is 5.46. The van der Waals surface area contributed by atoms with Gasteiger partial charge >= 0.3 is 0 Å². The second-order valence-corrected chi connectivity index (χ2v) is 5.58. The highest BCUT2D eigenvalue weighted by Crippen LogP contribution is 2.38. The lowest BCUT2D eigenvalue weighted by atomic mass is 9.90. The highest BCUT2D eigenvalue weighted by Gasteiger charge is 2.37. The maximum absolute atomic E-state index is 3.54. The zero-order valence-corrected chi connectivity index (χ0v) is 10.6. The number of rotatable bonds is 2. The van der Waals surface area contributed by atoms with E-state index < -0.39 is 0 Å². The van der Waals surface area contributed by atoms with E-state index in [9.17, 15) is 0 Å². The Morgan fingerprint density at radius 2 is 1.88 bits per heavy atom. The molecular formula is C15H22N2. The van der Waals surface area contributed by atoms with Crippen LogP contribution in [0.2, 0.25) is 0 Å². The van der Waals surface area contributed by atoms with Crippen LogP contribution in [0.5, 0.6) is 0 Å². The summed E-state index contributed by atoms with van der Waals surface area (Å²) in [5, 5.41) is 3.54. The number of hydrogen-bond acceptors (Lipinski definition) is 2. The number of para-hydroxylation sites is 1. The van der Waals surface area contributed by atoms with Crippen molar-refractivity contribution in [2.45, 2.75) is 25.3 Å². The summed E-state index contributed by atoms with van der Waals surface area (Å²) in [4.78, 5) is 2.48. The first-order valence-electron chi connectivity index (χ1n) is 6.83. The fraction of sp³-hybridized carbons (Fsp3) is 0.600. The molecule has 1 aromatic carbocycles. The fourth-order valence-electron chi connectivity index (χ4n) is 3.55. The minimum absolute atomic E-state index is 0.743. The minimum atomic E-state index is 0.743. The van der Waals surface area contributed by atoms with E-state index in [2.05, 4.69) is 47.6 Å². The Labute approximate surface area is 104 Å². The first-order chi connectivity index (χ1) is 8.34. The van der Waals surface area contributed by atoms with Gasteiger partial charge in [0.2, 0.25) is 0 Å². The van der Waals surface area contributed by atoms with Crippen LogP contribution in [0.1, 0.15) is 19.3 Å². The van der Waals surface area contributed by atoms with Gasteiger partial charge in [-0.3, -0.25) is 0 Å². The van der Waals surface area contributed by atoms with E-state index in [-0.39, 0.29) is 0 Å². The molecule has 1 saturated carbocycles. The molecule has 2 fully saturated rings. The third-order valence-electron chi connectivity index (χ3n) is 4.63. The van der Waals surface area contributed by atoms with Crippen molar-refractivity contribution in [2.24, 2.45) is 11.8 Å². The average molecular weight is 230 g/mol. The fourth-order valence-corrected chi connectivity index (χ4v) is 3.55. The smallest absolute Gasteiger partial charge is 0.0366 e. The van der Waals surface area contributed by atoms with Crippen molar-refractivity contribution in [3.05, 3.63) is 30.3 Å². The van der Waals surface area contributed by atoms with E-state index in [1.807, 2.05) is 0 Å². The van der Waals surface area contributed by atoms with Gasteiger partial charge < -0.3 is 10.2 Å². The molecule has 0 radical (unpaired) electrons. The van der Waals surface area contributed by atoms with Crippen LogP contribution in [0.15, 0.2) is 30.3 Å². The Morgan fingerprint density at radius 1 is 1.12 bits per heavy atom. The Bertz CT molecular complexity index is 348. The van der Waals surface area contributed by atoms with Crippen LogP contribution in [-0.4, -0.2) is 26.2 Å². The van der Waals surface area contributed by atoms with Gasteiger partial charge in [-0.2, -0.15) is 0 Å². The summed E-state index contributed by atoms with van der Waals surface area (Å²) >= 11 is 0. The van der Waals surface area contributed by atoms with Gasteiger partial charge in [0, 0.05) is 18.8 Å². The van der Waals surface area contributed by atoms with Gasteiger partial charge in [0.05, 0.1) is 0 Å². The quantitative estimate of drug-likeness (QED) is 0.840. The summed E-state index contributed by atoms with van der Waals surface area (Å²) in [6.45, 7) is 2.47. The van der Waals surface area contributed by atoms with Crippen molar-refractivity contribution < 1.29 is 0 Å². The molecule has 1 aliphatic carbocycles. The monoisotopic (exact) mass is 230 g/mol. The average Bonchev–Trinajstić information content (AvgIpc) is 2.82. The van der Waals surface area contributed by atoms with Crippen molar-refractivity contribution in [1.82, 2.24) is 5.32 Å². The maximum atomic E-state index is 3.54. The van der Waals surface area contributed by atoms with Crippen LogP contribution in [0.3, 0.4) is 0 Å².